The van der Waals surface area contributed by atoms with Gasteiger partial charge in [0, 0.05) is 36.8 Å². The molecule has 0 spiro atoms. The number of piperidine rings is 1. The van der Waals surface area contributed by atoms with E-state index in [1.165, 1.54) is 22.5 Å². The first kappa shape index (κ1) is 20.9. The van der Waals surface area contributed by atoms with E-state index in [2.05, 4.69) is 5.32 Å². The topological polar surface area (TPSA) is 110 Å². The lowest BCUT2D eigenvalue weighted by Gasteiger charge is -2.26. The normalized spacial score (nSPS) is 15.1. The van der Waals surface area contributed by atoms with Crippen molar-refractivity contribution in [1.29, 1.82) is 0 Å². The van der Waals surface area contributed by atoms with Crippen LogP contribution in [0.2, 0.25) is 0 Å². The van der Waals surface area contributed by atoms with Crippen molar-refractivity contribution in [3.8, 4) is 0 Å². The Labute approximate surface area is 169 Å². The van der Waals surface area contributed by atoms with Crippen LogP contribution in [-0.2, 0) is 16.6 Å². The van der Waals surface area contributed by atoms with E-state index in [0.717, 1.165) is 19.3 Å². The van der Waals surface area contributed by atoms with Crippen molar-refractivity contribution >= 4 is 21.6 Å². The summed E-state index contributed by atoms with van der Waals surface area (Å²) in [5.41, 5.74) is 0.960. The summed E-state index contributed by atoms with van der Waals surface area (Å²) in [7, 11) is -3.64. The van der Waals surface area contributed by atoms with E-state index in [1.54, 1.807) is 31.2 Å². The summed E-state index contributed by atoms with van der Waals surface area (Å²) >= 11 is 0. The Morgan fingerprint density at radius 3 is 2.52 bits per heavy atom. The number of sulfonamides is 1. The molecule has 0 atom stereocenters. The zero-order chi connectivity index (χ0) is 21.0. The highest BCUT2D eigenvalue weighted by molar-refractivity contribution is 7.89. The fourth-order valence-electron chi connectivity index (χ4n) is 3.37. The molecule has 0 saturated carbocycles. The van der Waals surface area contributed by atoms with E-state index in [9.17, 15) is 23.3 Å². The lowest BCUT2D eigenvalue weighted by molar-refractivity contribution is -0.385. The molecule has 1 heterocycles. The number of nitrogens with one attached hydrogen (secondary N) is 1. The molecule has 1 fully saturated rings. The Bertz CT molecular complexity index is 1030. The van der Waals surface area contributed by atoms with Gasteiger partial charge in [0.05, 0.1) is 9.82 Å². The maximum Gasteiger partial charge on any atom is 0.273 e. The van der Waals surface area contributed by atoms with Gasteiger partial charge in [-0.05, 0) is 37.5 Å². The minimum absolute atomic E-state index is 0.00372. The van der Waals surface area contributed by atoms with Crippen molar-refractivity contribution in [3.63, 3.8) is 0 Å². The molecule has 9 heteroatoms. The molecule has 0 bridgehead atoms. The highest BCUT2D eigenvalue weighted by Crippen LogP contribution is 2.24. The number of carbonyl (C=O) groups is 1. The van der Waals surface area contributed by atoms with Crippen LogP contribution in [0.15, 0.2) is 47.4 Å². The van der Waals surface area contributed by atoms with Crippen molar-refractivity contribution in [2.24, 2.45) is 0 Å². The largest absolute Gasteiger partial charge is 0.348 e. The van der Waals surface area contributed by atoms with Gasteiger partial charge in [-0.15, -0.1) is 0 Å². The number of nitrogens with zero attached hydrogens (tertiary/aromatic N) is 2. The number of aryl methyl sites for hydroxylation is 1. The first-order valence-electron chi connectivity index (χ1n) is 9.42. The van der Waals surface area contributed by atoms with Crippen LogP contribution in [0.3, 0.4) is 0 Å². The first-order valence-corrected chi connectivity index (χ1v) is 10.9. The zero-order valence-electron chi connectivity index (χ0n) is 16.1. The van der Waals surface area contributed by atoms with E-state index in [1.807, 2.05) is 0 Å². The molecule has 1 aliphatic heterocycles. The molecule has 2 aromatic carbocycles. The predicted molar refractivity (Wildman–Crippen MR) is 108 cm³/mol. The van der Waals surface area contributed by atoms with Gasteiger partial charge in [0.25, 0.3) is 11.6 Å². The molecule has 1 aliphatic rings. The van der Waals surface area contributed by atoms with Gasteiger partial charge < -0.3 is 5.32 Å². The highest BCUT2D eigenvalue weighted by atomic mass is 32.2. The van der Waals surface area contributed by atoms with Gasteiger partial charge in [-0.25, -0.2) is 8.42 Å². The van der Waals surface area contributed by atoms with Crippen molar-refractivity contribution in [3.05, 3.63) is 69.3 Å². The third-order valence-electron chi connectivity index (χ3n) is 5.01. The second kappa shape index (κ2) is 8.71. The Morgan fingerprint density at radius 2 is 1.83 bits per heavy atom. The molecule has 0 aromatic heterocycles. The molecule has 0 unspecified atom stereocenters. The van der Waals surface area contributed by atoms with Crippen LogP contribution in [0.4, 0.5) is 5.69 Å². The zero-order valence-corrected chi connectivity index (χ0v) is 16.9. The number of carbonyl (C=O) groups excluding carboxylic acids is 1. The number of rotatable bonds is 6. The maximum absolute atomic E-state index is 13.0. The molecule has 1 saturated heterocycles. The Hall–Kier alpha value is -2.78. The molecule has 0 radical (unpaired) electrons. The van der Waals surface area contributed by atoms with Gasteiger partial charge in [-0.2, -0.15) is 4.31 Å². The fourth-order valence-corrected chi connectivity index (χ4v) is 5.11. The van der Waals surface area contributed by atoms with Crippen LogP contribution in [0.5, 0.6) is 0 Å². The summed E-state index contributed by atoms with van der Waals surface area (Å²) in [5.74, 6) is -0.502. The molecule has 154 valence electrons. The van der Waals surface area contributed by atoms with Crippen molar-refractivity contribution < 1.29 is 18.1 Å². The second-order valence-electron chi connectivity index (χ2n) is 7.01. The first-order chi connectivity index (χ1) is 13.8. The van der Waals surface area contributed by atoms with Gasteiger partial charge in [-0.3, -0.25) is 14.9 Å². The third-order valence-corrected chi connectivity index (χ3v) is 7.01. The van der Waals surface area contributed by atoms with E-state index in [-0.39, 0.29) is 22.7 Å². The summed E-state index contributed by atoms with van der Waals surface area (Å²) in [6.07, 6.45) is 2.70. The lowest BCUT2D eigenvalue weighted by Crippen LogP contribution is -2.36. The summed E-state index contributed by atoms with van der Waals surface area (Å²) in [6.45, 7) is 2.59. The molecule has 2 aromatic rings. The smallest absolute Gasteiger partial charge is 0.273 e. The standard InChI is InChI=1S/C20H23N3O5S/c1-15-9-10-16(13-18(15)23(25)26)20(24)21-14-17-7-3-4-8-19(17)29(27,28)22-11-5-2-6-12-22/h3-4,7-10,13H,2,5-6,11-12,14H2,1H3,(H,21,24). The van der Waals surface area contributed by atoms with Crippen LogP contribution >= 0.6 is 0 Å². The molecular formula is C20H23N3O5S. The second-order valence-corrected chi connectivity index (χ2v) is 8.92. The molecule has 8 nitrogen and oxygen atoms in total. The summed E-state index contributed by atoms with van der Waals surface area (Å²) in [4.78, 5) is 23.2. The third kappa shape index (κ3) is 4.63. The van der Waals surface area contributed by atoms with Crippen LogP contribution in [0, 0.1) is 17.0 Å². The lowest BCUT2D eigenvalue weighted by atomic mass is 10.1. The van der Waals surface area contributed by atoms with Crippen LogP contribution < -0.4 is 5.32 Å². The monoisotopic (exact) mass is 417 g/mol. The SMILES string of the molecule is Cc1ccc(C(=O)NCc2ccccc2S(=O)(=O)N2CCCCC2)cc1[N+](=O)[O-]. The Morgan fingerprint density at radius 1 is 1.14 bits per heavy atom. The maximum atomic E-state index is 13.0. The van der Waals surface area contributed by atoms with Gasteiger partial charge >= 0.3 is 0 Å². The Kier molecular flexibility index (Phi) is 6.29. The van der Waals surface area contributed by atoms with Gasteiger partial charge in [0.1, 0.15) is 0 Å². The number of hydrogen-bond donors (Lipinski definition) is 1. The summed E-state index contributed by atoms with van der Waals surface area (Å²) < 4.78 is 27.5. The van der Waals surface area contributed by atoms with E-state index in [0.29, 0.717) is 24.2 Å². The number of amides is 1. The number of hydrogen-bond acceptors (Lipinski definition) is 5. The van der Waals surface area contributed by atoms with Crippen LogP contribution in [0.25, 0.3) is 0 Å². The molecule has 1 N–H and O–H groups in total. The van der Waals surface area contributed by atoms with Crippen molar-refractivity contribution in [1.82, 2.24) is 9.62 Å². The van der Waals surface area contributed by atoms with E-state index in [4.69, 9.17) is 0 Å². The molecule has 3 rings (SSSR count). The van der Waals surface area contributed by atoms with Crippen molar-refractivity contribution in [2.75, 3.05) is 13.1 Å². The average molecular weight is 417 g/mol. The van der Waals surface area contributed by atoms with E-state index >= 15 is 0 Å². The van der Waals surface area contributed by atoms with Gasteiger partial charge in [0.2, 0.25) is 10.0 Å². The quantitative estimate of drug-likeness (QED) is 0.574. The average Bonchev–Trinajstić information content (AvgIpc) is 2.73. The molecular weight excluding hydrogens is 394 g/mol. The van der Waals surface area contributed by atoms with E-state index < -0.39 is 20.9 Å². The number of benzene rings is 2. The molecule has 0 aliphatic carbocycles. The fraction of sp³-hybridized carbons (Fsp3) is 0.350. The van der Waals surface area contributed by atoms with Crippen LogP contribution in [-0.4, -0.2) is 36.6 Å². The molecule has 29 heavy (non-hydrogen) atoms. The Balaban J connectivity index is 1.79. The minimum atomic E-state index is -3.64. The van der Waals surface area contributed by atoms with Crippen LogP contribution in [0.1, 0.15) is 40.7 Å². The molecule has 1 amide bonds. The predicted octanol–water partition coefficient (Wildman–Crippen LogP) is 3.01. The number of nitro benzene ring substituents is 1. The minimum Gasteiger partial charge on any atom is -0.348 e. The number of nitro groups is 1. The highest BCUT2D eigenvalue weighted by Gasteiger charge is 2.28. The van der Waals surface area contributed by atoms with Gasteiger partial charge in [-0.1, -0.05) is 30.7 Å². The summed E-state index contributed by atoms with van der Waals surface area (Å²) in [5, 5.41) is 13.8. The summed E-state index contributed by atoms with van der Waals surface area (Å²) in [6, 6.07) is 10.8. The van der Waals surface area contributed by atoms with Gasteiger partial charge in [0.15, 0.2) is 0 Å². The van der Waals surface area contributed by atoms with Crippen molar-refractivity contribution in [2.45, 2.75) is 37.6 Å².